The van der Waals surface area contributed by atoms with Gasteiger partial charge in [0.05, 0.1) is 5.69 Å². The van der Waals surface area contributed by atoms with Crippen molar-refractivity contribution in [2.75, 3.05) is 18.0 Å². The number of halogens is 1. The van der Waals surface area contributed by atoms with Crippen LogP contribution in [0.4, 0.5) is 10.1 Å². The number of amidine groups is 1. The quantitative estimate of drug-likeness (QED) is 0.364. The van der Waals surface area contributed by atoms with E-state index in [2.05, 4.69) is 32.9 Å². The van der Waals surface area contributed by atoms with E-state index in [1.807, 2.05) is 4.90 Å². The highest BCUT2D eigenvalue weighted by molar-refractivity contribution is 5.97. The molecule has 0 aliphatic rings. The predicted octanol–water partition coefficient (Wildman–Crippen LogP) is 3.04. The van der Waals surface area contributed by atoms with Gasteiger partial charge in [0.25, 0.3) is 0 Å². The first-order valence-corrected chi connectivity index (χ1v) is 6.87. The lowest BCUT2D eigenvalue weighted by Gasteiger charge is -2.29. The average molecular weight is 281 g/mol. The highest BCUT2D eigenvalue weighted by Crippen LogP contribution is 2.22. The monoisotopic (exact) mass is 281 g/mol. The maximum absolute atomic E-state index is 14.3. The molecule has 0 saturated heterocycles. The Hall–Kier alpha value is -1.78. The first kappa shape index (κ1) is 16.3. The fourth-order valence-corrected chi connectivity index (χ4v) is 2.13. The Morgan fingerprint density at radius 1 is 1.25 bits per heavy atom. The van der Waals surface area contributed by atoms with E-state index in [9.17, 15) is 4.39 Å². The molecule has 0 fully saturated rings. The molecule has 0 aromatic heterocycles. The van der Waals surface area contributed by atoms with Crippen molar-refractivity contribution in [3.05, 3.63) is 29.6 Å². The number of nitrogens with two attached hydrogens (primary N) is 1. The Kier molecular flexibility index (Phi) is 5.80. The summed E-state index contributed by atoms with van der Waals surface area (Å²) in [6.07, 6.45) is 0. The Bertz CT molecular complexity index is 462. The number of hydrogen-bond donors (Lipinski definition) is 2. The van der Waals surface area contributed by atoms with Crippen LogP contribution in [0.15, 0.2) is 23.4 Å². The zero-order valence-electron chi connectivity index (χ0n) is 12.6. The number of benzene rings is 1. The lowest BCUT2D eigenvalue weighted by Crippen LogP contribution is -2.32. The van der Waals surface area contributed by atoms with Gasteiger partial charge < -0.3 is 15.8 Å². The van der Waals surface area contributed by atoms with Crippen molar-refractivity contribution < 1.29 is 9.60 Å². The summed E-state index contributed by atoms with van der Waals surface area (Å²) in [4.78, 5) is 2.04. The minimum absolute atomic E-state index is 0.0882. The van der Waals surface area contributed by atoms with Crippen LogP contribution in [-0.4, -0.2) is 24.1 Å². The highest BCUT2D eigenvalue weighted by Gasteiger charge is 2.15. The summed E-state index contributed by atoms with van der Waals surface area (Å²) in [7, 11) is 0. The van der Waals surface area contributed by atoms with Crippen LogP contribution in [0.2, 0.25) is 0 Å². The molecule has 0 amide bonds. The molecule has 0 radical (unpaired) electrons. The van der Waals surface area contributed by atoms with Gasteiger partial charge in [0.15, 0.2) is 5.84 Å². The van der Waals surface area contributed by atoms with Gasteiger partial charge in [0, 0.05) is 18.7 Å². The van der Waals surface area contributed by atoms with Gasteiger partial charge >= 0.3 is 0 Å². The van der Waals surface area contributed by atoms with Crippen molar-refractivity contribution in [2.45, 2.75) is 27.7 Å². The molecule has 1 aromatic rings. The Balaban J connectivity index is 3.07. The fraction of sp³-hybridized carbons (Fsp3) is 0.533. The molecule has 0 atom stereocenters. The maximum atomic E-state index is 14.3. The van der Waals surface area contributed by atoms with Crippen LogP contribution >= 0.6 is 0 Å². The topological polar surface area (TPSA) is 61.8 Å². The second-order valence-corrected chi connectivity index (χ2v) is 5.84. The van der Waals surface area contributed by atoms with Gasteiger partial charge in [-0.05, 0) is 30.0 Å². The average Bonchev–Trinajstić information content (AvgIpc) is 2.35. The summed E-state index contributed by atoms with van der Waals surface area (Å²) in [6, 6.07) is 4.66. The maximum Gasteiger partial charge on any atom is 0.170 e. The zero-order chi connectivity index (χ0) is 15.3. The third-order valence-corrected chi connectivity index (χ3v) is 2.86. The van der Waals surface area contributed by atoms with Crippen molar-refractivity contribution in [3.63, 3.8) is 0 Å². The molecular formula is C15H24FN3O. The zero-order valence-corrected chi connectivity index (χ0v) is 12.6. The molecule has 0 unspecified atom stereocenters. The van der Waals surface area contributed by atoms with Crippen molar-refractivity contribution in [3.8, 4) is 0 Å². The third-order valence-electron chi connectivity index (χ3n) is 2.86. The summed E-state index contributed by atoms with van der Waals surface area (Å²) >= 11 is 0. The van der Waals surface area contributed by atoms with Crippen LogP contribution in [0.3, 0.4) is 0 Å². The minimum Gasteiger partial charge on any atom is -0.409 e. The van der Waals surface area contributed by atoms with E-state index in [0.29, 0.717) is 23.1 Å². The molecule has 4 nitrogen and oxygen atoms in total. The van der Waals surface area contributed by atoms with Gasteiger partial charge in [0.1, 0.15) is 5.82 Å². The minimum atomic E-state index is -0.351. The number of nitrogens with zero attached hydrogens (tertiary/aromatic N) is 2. The first-order valence-electron chi connectivity index (χ1n) is 6.87. The number of oxime groups is 1. The molecule has 3 N–H and O–H groups in total. The standard InChI is InChI=1S/C15H24FN3O/c1-10(2)8-19(9-11(3)4)14-6-5-12(7-13(14)16)15(17)18-20/h5-7,10-11,20H,8-9H2,1-4H3,(H2,17,18). The molecule has 0 aliphatic carbocycles. The Labute approximate surface area is 120 Å². The molecule has 1 aromatic carbocycles. The third kappa shape index (κ3) is 4.40. The van der Waals surface area contributed by atoms with Crippen molar-refractivity contribution in [1.82, 2.24) is 0 Å². The van der Waals surface area contributed by atoms with Crippen LogP contribution in [0, 0.1) is 17.7 Å². The smallest absolute Gasteiger partial charge is 0.170 e. The second-order valence-electron chi connectivity index (χ2n) is 5.84. The van der Waals surface area contributed by atoms with Gasteiger partial charge in [-0.15, -0.1) is 0 Å². The van der Waals surface area contributed by atoms with Crippen LogP contribution in [0.5, 0.6) is 0 Å². The van der Waals surface area contributed by atoms with Crippen LogP contribution < -0.4 is 10.6 Å². The van der Waals surface area contributed by atoms with Gasteiger partial charge in [0.2, 0.25) is 0 Å². The van der Waals surface area contributed by atoms with Crippen molar-refractivity contribution in [2.24, 2.45) is 22.7 Å². The SMILES string of the molecule is CC(C)CN(CC(C)C)c1ccc(/C(N)=N/O)cc1F. The van der Waals surface area contributed by atoms with E-state index in [1.54, 1.807) is 12.1 Å². The summed E-state index contributed by atoms with van der Waals surface area (Å²) < 4.78 is 14.3. The lowest BCUT2D eigenvalue weighted by molar-refractivity contribution is 0.318. The van der Waals surface area contributed by atoms with Gasteiger partial charge in [-0.2, -0.15) is 0 Å². The summed E-state index contributed by atoms with van der Waals surface area (Å²) in [6.45, 7) is 10.0. The molecule has 0 bridgehead atoms. The predicted molar refractivity (Wildman–Crippen MR) is 80.8 cm³/mol. The van der Waals surface area contributed by atoms with E-state index in [4.69, 9.17) is 10.9 Å². The van der Waals surface area contributed by atoms with E-state index in [-0.39, 0.29) is 11.7 Å². The van der Waals surface area contributed by atoms with Crippen LogP contribution in [0.1, 0.15) is 33.3 Å². The fourth-order valence-electron chi connectivity index (χ4n) is 2.13. The number of hydrogen-bond acceptors (Lipinski definition) is 3. The van der Waals surface area contributed by atoms with E-state index >= 15 is 0 Å². The molecule has 112 valence electrons. The lowest BCUT2D eigenvalue weighted by atomic mass is 10.1. The highest BCUT2D eigenvalue weighted by atomic mass is 19.1. The molecule has 20 heavy (non-hydrogen) atoms. The normalized spacial score (nSPS) is 12.2. The van der Waals surface area contributed by atoms with Crippen molar-refractivity contribution in [1.29, 1.82) is 0 Å². The van der Waals surface area contributed by atoms with Gasteiger partial charge in [-0.25, -0.2) is 4.39 Å². The first-order chi connectivity index (χ1) is 9.35. The molecular weight excluding hydrogens is 257 g/mol. The summed E-state index contributed by atoms with van der Waals surface area (Å²) in [5.74, 6) is 0.443. The molecule has 0 aliphatic heterocycles. The van der Waals surface area contributed by atoms with Gasteiger partial charge in [-0.3, -0.25) is 0 Å². The summed E-state index contributed by atoms with van der Waals surface area (Å²) in [5.41, 5.74) is 6.41. The van der Waals surface area contributed by atoms with E-state index in [1.165, 1.54) is 6.07 Å². The number of anilines is 1. The molecule has 1 rings (SSSR count). The number of rotatable bonds is 6. The Morgan fingerprint density at radius 3 is 2.20 bits per heavy atom. The van der Waals surface area contributed by atoms with E-state index < -0.39 is 0 Å². The molecule has 0 saturated carbocycles. The molecule has 0 heterocycles. The largest absolute Gasteiger partial charge is 0.409 e. The van der Waals surface area contributed by atoms with Crippen molar-refractivity contribution >= 4 is 11.5 Å². The second kappa shape index (κ2) is 7.12. The summed E-state index contributed by atoms with van der Waals surface area (Å²) in [5, 5.41) is 11.5. The molecule has 5 heteroatoms. The molecule has 0 spiro atoms. The van der Waals surface area contributed by atoms with Gasteiger partial charge in [-0.1, -0.05) is 32.9 Å². The van der Waals surface area contributed by atoms with Crippen LogP contribution in [-0.2, 0) is 0 Å². The van der Waals surface area contributed by atoms with Crippen LogP contribution in [0.25, 0.3) is 0 Å². The Morgan fingerprint density at radius 2 is 1.80 bits per heavy atom. The van der Waals surface area contributed by atoms with E-state index in [0.717, 1.165) is 13.1 Å².